The molecule has 31 heavy (non-hydrogen) atoms. The average molecular weight is 433 g/mol. The van der Waals surface area contributed by atoms with E-state index < -0.39 is 4.92 Å². The molecule has 0 amide bonds. The van der Waals surface area contributed by atoms with E-state index in [0.29, 0.717) is 29.8 Å². The van der Waals surface area contributed by atoms with E-state index in [9.17, 15) is 14.9 Å². The Hall–Kier alpha value is -2.57. The molecule has 7 heteroatoms. The summed E-state index contributed by atoms with van der Waals surface area (Å²) in [4.78, 5) is 24.3. The number of hydrogen-bond donors (Lipinski definition) is 0. The van der Waals surface area contributed by atoms with Crippen LogP contribution in [0.1, 0.15) is 79.1 Å². The van der Waals surface area contributed by atoms with E-state index in [1.807, 2.05) is 13.8 Å². The largest absolute Gasteiger partial charge is 0.489 e. The van der Waals surface area contributed by atoms with Crippen LogP contribution in [-0.2, 0) is 6.54 Å². The van der Waals surface area contributed by atoms with E-state index in [2.05, 4.69) is 13.8 Å². The standard InChI is InChI=1S/C24H36N2O5/c1-5-7-9-10-11-12-15-25-21-17-19(26(28)29)13-14-20(21)22(30-16-8-6-2)23(24(25)27)31-18(3)4/h13-14,17-18H,5-12,15-16H2,1-4H3. The first kappa shape index (κ1) is 24.7. The Bertz CT molecular complexity index is 920. The van der Waals surface area contributed by atoms with Gasteiger partial charge >= 0.3 is 0 Å². The summed E-state index contributed by atoms with van der Waals surface area (Å²) in [5.41, 5.74) is 0.192. The molecule has 0 unspecified atom stereocenters. The third-order valence-electron chi connectivity index (χ3n) is 5.21. The molecule has 1 aromatic heterocycles. The summed E-state index contributed by atoms with van der Waals surface area (Å²) in [6.07, 6.45) is 8.15. The number of nitro benzene ring substituents is 1. The molecule has 0 atom stereocenters. The summed E-state index contributed by atoms with van der Waals surface area (Å²) in [6.45, 7) is 8.93. The van der Waals surface area contributed by atoms with Crippen molar-refractivity contribution in [2.75, 3.05) is 6.61 Å². The summed E-state index contributed by atoms with van der Waals surface area (Å²) >= 11 is 0. The van der Waals surface area contributed by atoms with Crippen LogP contribution in [0.4, 0.5) is 5.69 Å². The minimum Gasteiger partial charge on any atom is -0.489 e. The maximum absolute atomic E-state index is 13.4. The van der Waals surface area contributed by atoms with Gasteiger partial charge < -0.3 is 14.0 Å². The fourth-order valence-electron chi connectivity index (χ4n) is 3.57. The van der Waals surface area contributed by atoms with Gasteiger partial charge in [0.15, 0.2) is 5.75 Å². The van der Waals surface area contributed by atoms with Crippen LogP contribution >= 0.6 is 0 Å². The molecule has 0 saturated heterocycles. The fraction of sp³-hybridized carbons (Fsp3) is 0.625. The lowest BCUT2D eigenvalue weighted by atomic mass is 10.1. The normalized spacial score (nSPS) is 11.3. The zero-order valence-corrected chi connectivity index (χ0v) is 19.3. The van der Waals surface area contributed by atoms with Crippen molar-refractivity contribution >= 4 is 16.6 Å². The molecule has 1 aromatic carbocycles. The first-order valence-electron chi connectivity index (χ1n) is 11.5. The fourth-order valence-corrected chi connectivity index (χ4v) is 3.57. The molecule has 0 aliphatic rings. The molecule has 0 N–H and O–H groups in total. The van der Waals surface area contributed by atoms with Gasteiger partial charge in [0, 0.05) is 24.1 Å². The number of rotatable bonds is 14. The van der Waals surface area contributed by atoms with Crippen LogP contribution in [0.15, 0.2) is 23.0 Å². The Morgan fingerprint density at radius 3 is 2.32 bits per heavy atom. The number of nitrogens with zero attached hydrogens (tertiary/aromatic N) is 2. The Morgan fingerprint density at radius 2 is 1.68 bits per heavy atom. The number of ether oxygens (including phenoxy) is 2. The summed E-state index contributed by atoms with van der Waals surface area (Å²) in [5, 5.41) is 12.0. The highest BCUT2D eigenvalue weighted by Crippen LogP contribution is 2.35. The van der Waals surface area contributed by atoms with Crippen LogP contribution < -0.4 is 15.0 Å². The summed E-state index contributed by atoms with van der Waals surface area (Å²) < 4.78 is 13.5. The Labute approximate surface area is 184 Å². The number of non-ortho nitro benzene ring substituents is 1. The summed E-state index contributed by atoms with van der Waals surface area (Å²) in [6, 6.07) is 4.59. The smallest absolute Gasteiger partial charge is 0.297 e. The van der Waals surface area contributed by atoms with Crippen molar-refractivity contribution in [2.24, 2.45) is 0 Å². The van der Waals surface area contributed by atoms with Gasteiger partial charge in [0.2, 0.25) is 5.75 Å². The highest BCUT2D eigenvalue weighted by molar-refractivity contribution is 5.89. The zero-order valence-electron chi connectivity index (χ0n) is 19.3. The predicted octanol–water partition coefficient (Wildman–Crippen LogP) is 6.24. The number of aryl methyl sites for hydroxylation is 1. The highest BCUT2D eigenvalue weighted by Gasteiger charge is 2.22. The molecule has 1 heterocycles. The van der Waals surface area contributed by atoms with Gasteiger partial charge in [0.25, 0.3) is 11.2 Å². The first-order valence-corrected chi connectivity index (χ1v) is 11.5. The first-order chi connectivity index (χ1) is 14.9. The van der Waals surface area contributed by atoms with Gasteiger partial charge in [-0.2, -0.15) is 0 Å². The lowest BCUT2D eigenvalue weighted by Crippen LogP contribution is -2.25. The maximum atomic E-state index is 13.4. The molecule has 2 aromatic rings. The zero-order chi connectivity index (χ0) is 22.8. The molecular weight excluding hydrogens is 396 g/mol. The number of pyridine rings is 1. The van der Waals surface area contributed by atoms with Gasteiger partial charge in [-0.15, -0.1) is 0 Å². The molecular formula is C24H36N2O5. The quantitative estimate of drug-likeness (QED) is 0.200. The Morgan fingerprint density at radius 1 is 1.00 bits per heavy atom. The molecule has 0 aliphatic heterocycles. The number of fused-ring (bicyclic) bond motifs is 1. The molecule has 0 saturated carbocycles. The van der Waals surface area contributed by atoms with E-state index in [4.69, 9.17) is 9.47 Å². The average Bonchev–Trinajstić information content (AvgIpc) is 2.73. The van der Waals surface area contributed by atoms with Gasteiger partial charge in [-0.25, -0.2) is 0 Å². The minimum atomic E-state index is -0.435. The predicted molar refractivity (Wildman–Crippen MR) is 124 cm³/mol. The van der Waals surface area contributed by atoms with Gasteiger partial charge in [-0.3, -0.25) is 14.9 Å². The van der Waals surface area contributed by atoms with Crippen molar-refractivity contribution in [1.82, 2.24) is 4.57 Å². The van der Waals surface area contributed by atoms with Crippen LogP contribution in [-0.4, -0.2) is 22.2 Å². The minimum absolute atomic E-state index is 0.0411. The molecule has 2 rings (SSSR count). The van der Waals surface area contributed by atoms with E-state index >= 15 is 0 Å². The molecule has 0 radical (unpaired) electrons. The SMILES string of the molecule is CCCCCCCCn1c(=O)c(OC(C)C)c(OCCCC)c2ccc([N+](=O)[O-])cc21. The lowest BCUT2D eigenvalue weighted by molar-refractivity contribution is -0.384. The Balaban J connectivity index is 2.53. The van der Waals surface area contributed by atoms with E-state index in [1.54, 1.807) is 10.6 Å². The van der Waals surface area contributed by atoms with Crippen molar-refractivity contribution in [1.29, 1.82) is 0 Å². The van der Waals surface area contributed by atoms with Crippen LogP contribution in [0, 0.1) is 10.1 Å². The third kappa shape index (κ3) is 6.71. The summed E-state index contributed by atoms with van der Waals surface area (Å²) in [5.74, 6) is 0.578. The van der Waals surface area contributed by atoms with Crippen LogP contribution in [0.2, 0.25) is 0 Å². The Kier molecular flexibility index (Phi) is 9.82. The van der Waals surface area contributed by atoms with Gasteiger partial charge in [0.05, 0.1) is 23.2 Å². The molecule has 172 valence electrons. The van der Waals surface area contributed by atoms with Crippen molar-refractivity contribution in [2.45, 2.75) is 91.7 Å². The van der Waals surface area contributed by atoms with Crippen molar-refractivity contribution in [3.63, 3.8) is 0 Å². The van der Waals surface area contributed by atoms with E-state index in [0.717, 1.165) is 32.1 Å². The van der Waals surface area contributed by atoms with Crippen molar-refractivity contribution in [3.8, 4) is 11.5 Å². The topological polar surface area (TPSA) is 83.6 Å². The monoisotopic (exact) mass is 432 g/mol. The van der Waals surface area contributed by atoms with Crippen molar-refractivity contribution in [3.05, 3.63) is 38.7 Å². The number of aromatic nitrogens is 1. The van der Waals surface area contributed by atoms with E-state index in [1.165, 1.54) is 31.4 Å². The molecule has 0 bridgehead atoms. The second kappa shape index (κ2) is 12.3. The number of benzene rings is 1. The third-order valence-corrected chi connectivity index (χ3v) is 5.21. The van der Waals surface area contributed by atoms with Crippen LogP contribution in [0.5, 0.6) is 11.5 Å². The lowest BCUT2D eigenvalue weighted by Gasteiger charge is -2.20. The maximum Gasteiger partial charge on any atom is 0.297 e. The van der Waals surface area contributed by atoms with Crippen LogP contribution in [0.25, 0.3) is 10.9 Å². The molecule has 7 nitrogen and oxygen atoms in total. The van der Waals surface area contributed by atoms with Crippen molar-refractivity contribution < 1.29 is 14.4 Å². The van der Waals surface area contributed by atoms with E-state index in [-0.39, 0.29) is 23.1 Å². The van der Waals surface area contributed by atoms with Gasteiger partial charge in [-0.1, -0.05) is 52.4 Å². The number of unbranched alkanes of at least 4 members (excludes halogenated alkanes) is 6. The number of nitro groups is 1. The summed E-state index contributed by atoms with van der Waals surface area (Å²) in [7, 11) is 0. The van der Waals surface area contributed by atoms with Crippen LogP contribution in [0.3, 0.4) is 0 Å². The van der Waals surface area contributed by atoms with Gasteiger partial charge in [0.1, 0.15) is 0 Å². The molecule has 0 fully saturated rings. The number of hydrogen-bond acceptors (Lipinski definition) is 5. The second-order valence-electron chi connectivity index (χ2n) is 8.21. The van der Waals surface area contributed by atoms with Gasteiger partial charge in [-0.05, 0) is 32.8 Å². The molecule has 0 spiro atoms. The second-order valence-corrected chi connectivity index (χ2v) is 8.21. The highest BCUT2D eigenvalue weighted by atomic mass is 16.6. The molecule has 0 aliphatic carbocycles.